The van der Waals surface area contributed by atoms with E-state index in [0.717, 1.165) is 51.5 Å². The third-order valence-corrected chi connectivity index (χ3v) is 4.69. The van der Waals surface area contributed by atoms with Crippen LogP contribution in [0.15, 0.2) is 35.3 Å². The van der Waals surface area contributed by atoms with Gasteiger partial charge in [0.1, 0.15) is 6.10 Å². The molecule has 3 rings (SSSR count). The summed E-state index contributed by atoms with van der Waals surface area (Å²) in [5.74, 6) is 1.08. The van der Waals surface area contributed by atoms with Crippen LogP contribution in [-0.4, -0.2) is 67.1 Å². The largest absolute Gasteiger partial charge is 0.368 e. The molecule has 0 spiro atoms. The summed E-state index contributed by atoms with van der Waals surface area (Å²) in [7, 11) is 0. The minimum absolute atomic E-state index is 0.156. The van der Waals surface area contributed by atoms with E-state index < -0.39 is 0 Å². The fraction of sp³-hybridized carbons (Fsp3) is 0.579. The number of aliphatic imine (C=N–C) groups is 1. The van der Waals surface area contributed by atoms with Gasteiger partial charge in [-0.25, -0.2) is 4.99 Å². The Bertz CT molecular complexity index is 576. The minimum atomic E-state index is -0.216. The molecular weight excluding hydrogens is 316 g/mol. The van der Waals surface area contributed by atoms with Crippen LogP contribution in [0.25, 0.3) is 0 Å². The zero-order valence-electron chi connectivity index (χ0n) is 15.0. The summed E-state index contributed by atoms with van der Waals surface area (Å²) in [6, 6.07) is 10.3. The molecule has 2 fully saturated rings. The molecule has 1 atom stereocenters. The van der Waals surface area contributed by atoms with E-state index in [1.54, 1.807) is 0 Å². The van der Waals surface area contributed by atoms with Crippen LogP contribution in [0, 0.1) is 0 Å². The topological polar surface area (TPSA) is 57.2 Å². The number of guanidine groups is 1. The summed E-state index contributed by atoms with van der Waals surface area (Å²) in [6.07, 6.45) is 1.64. The summed E-state index contributed by atoms with van der Waals surface area (Å²) in [5, 5.41) is 3.37. The molecule has 0 radical (unpaired) electrons. The number of amides is 1. The van der Waals surface area contributed by atoms with Crippen molar-refractivity contribution in [1.29, 1.82) is 0 Å². The highest BCUT2D eigenvalue weighted by molar-refractivity contribution is 5.82. The first kappa shape index (κ1) is 17.7. The van der Waals surface area contributed by atoms with Gasteiger partial charge in [-0.05, 0) is 25.3 Å². The van der Waals surface area contributed by atoms with E-state index in [9.17, 15) is 4.79 Å². The molecule has 1 unspecified atom stereocenters. The van der Waals surface area contributed by atoms with Crippen molar-refractivity contribution >= 4 is 11.9 Å². The van der Waals surface area contributed by atoms with Crippen molar-refractivity contribution in [2.24, 2.45) is 4.99 Å². The number of hydrogen-bond acceptors (Lipinski definition) is 3. The molecule has 0 aromatic heterocycles. The lowest BCUT2D eigenvalue weighted by molar-refractivity contribution is -0.142. The first-order valence-corrected chi connectivity index (χ1v) is 9.25. The molecule has 6 nitrogen and oxygen atoms in total. The maximum atomic E-state index is 12.4. The van der Waals surface area contributed by atoms with Gasteiger partial charge in [-0.1, -0.05) is 30.3 Å². The van der Waals surface area contributed by atoms with E-state index in [1.165, 1.54) is 5.56 Å². The van der Waals surface area contributed by atoms with Gasteiger partial charge in [0.05, 0.1) is 6.54 Å². The van der Waals surface area contributed by atoms with Crippen LogP contribution in [0.3, 0.4) is 0 Å². The van der Waals surface area contributed by atoms with Crippen molar-refractivity contribution in [1.82, 2.24) is 15.1 Å². The standard InChI is InChI=1S/C19H28N4O2/c1-2-20-19(21-15-16-7-4-3-5-8-16)23-12-10-22(11-13-23)18(24)17-9-6-14-25-17/h3-5,7-8,17H,2,6,9-15H2,1H3,(H,20,21). The van der Waals surface area contributed by atoms with E-state index in [1.807, 2.05) is 23.1 Å². The monoisotopic (exact) mass is 344 g/mol. The highest BCUT2D eigenvalue weighted by Gasteiger charge is 2.30. The second-order valence-corrected chi connectivity index (χ2v) is 6.47. The molecule has 25 heavy (non-hydrogen) atoms. The summed E-state index contributed by atoms with van der Waals surface area (Å²) in [4.78, 5) is 21.4. The molecule has 136 valence electrons. The van der Waals surface area contributed by atoms with Crippen molar-refractivity contribution in [2.75, 3.05) is 39.3 Å². The lowest BCUT2D eigenvalue weighted by Crippen LogP contribution is -2.55. The van der Waals surface area contributed by atoms with Crippen molar-refractivity contribution in [2.45, 2.75) is 32.4 Å². The number of carbonyl (C=O) groups excluding carboxylic acids is 1. The second-order valence-electron chi connectivity index (χ2n) is 6.47. The van der Waals surface area contributed by atoms with Crippen molar-refractivity contribution in [3.8, 4) is 0 Å². The fourth-order valence-electron chi connectivity index (χ4n) is 3.29. The molecule has 1 amide bonds. The highest BCUT2D eigenvalue weighted by Crippen LogP contribution is 2.16. The van der Waals surface area contributed by atoms with Gasteiger partial charge in [0.15, 0.2) is 5.96 Å². The van der Waals surface area contributed by atoms with Gasteiger partial charge < -0.3 is 19.9 Å². The van der Waals surface area contributed by atoms with E-state index in [2.05, 4.69) is 29.3 Å². The number of rotatable bonds is 4. The molecule has 1 N–H and O–H groups in total. The average Bonchev–Trinajstić information content (AvgIpc) is 3.20. The Kier molecular flexibility index (Phi) is 6.28. The van der Waals surface area contributed by atoms with Crippen LogP contribution < -0.4 is 5.32 Å². The summed E-state index contributed by atoms with van der Waals surface area (Å²) < 4.78 is 5.53. The molecule has 2 heterocycles. The van der Waals surface area contributed by atoms with E-state index in [0.29, 0.717) is 13.2 Å². The van der Waals surface area contributed by atoms with Crippen LogP contribution in [-0.2, 0) is 16.1 Å². The summed E-state index contributed by atoms with van der Waals surface area (Å²) >= 11 is 0. The quantitative estimate of drug-likeness (QED) is 0.664. The maximum absolute atomic E-state index is 12.4. The predicted octanol–water partition coefficient (Wildman–Crippen LogP) is 1.48. The SMILES string of the molecule is CCNC(=NCc1ccccc1)N1CCN(C(=O)C2CCCO2)CC1. The number of piperazine rings is 1. The van der Waals surface area contributed by atoms with E-state index in [4.69, 9.17) is 9.73 Å². The van der Waals surface area contributed by atoms with Gasteiger partial charge >= 0.3 is 0 Å². The molecule has 2 aliphatic rings. The average molecular weight is 344 g/mol. The van der Waals surface area contributed by atoms with Crippen LogP contribution in [0.2, 0.25) is 0 Å². The predicted molar refractivity (Wildman–Crippen MR) is 98.4 cm³/mol. The number of hydrogen-bond donors (Lipinski definition) is 1. The van der Waals surface area contributed by atoms with Gasteiger partial charge in [0.2, 0.25) is 0 Å². The lowest BCUT2D eigenvalue weighted by atomic mass is 10.2. The second kappa shape index (κ2) is 8.85. The summed E-state index contributed by atoms with van der Waals surface area (Å²) in [5.41, 5.74) is 1.20. The normalized spacial score (nSPS) is 21.5. The van der Waals surface area contributed by atoms with Gasteiger partial charge in [0, 0.05) is 39.3 Å². The summed E-state index contributed by atoms with van der Waals surface area (Å²) in [6.45, 7) is 7.37. The third kappa shape index (κ3) is 4.72. The number of nitrogens with one attached hydrogen (secondary N) is 1. The number of nitrogens with zero attached hydrogens (tertiary/aromatic N) is 3. The Balaban J connectivity index is 1.55. The molecule has 0 bridgehead atoms. The molecule has 6 heteroatoms. The van der Waals surface area contributed by atoms with E-state index >= 15 is 0 Å². The zero-order valence-corrected chi connectivity index (χ0v) is 15.0. The Morgan fingerprint density at radius 3 is 2.56 bits per heavy atom. The van der Waals surface area contributed by atoms with Crippen LogP contribution >= 0.6 is 0 Å². The Morgan fingerprint density at radius 2 is 1.92 bits per heavy atom. The van der Waals surface area contributed by atoms with Gasteiger partial charge in [-0.2, -0.15) is 0 Å². The van der Waals surface area contributed by atoms with Gasteiger partial charge in [-0.15, -0.1) is 0 Å². The van der Waals surface area contributed by atoms with Crippen LogP contribution in [0.5, 0.6) is 0 Å². The lowest BCUT2D eigenvalue weighted by Gasteiger charge is -2.37. The minimum Gasteiger partial charge on any atom is -0.368 e. The number of benzene rings is 1. The smallest absolute Gasteiger partial charge is 0.251 e. The first-order valence-electron chi connectivity index (χ1n) is 9.25. The Hall–Kier alpha value is -2.08. The molecule has 2 aliphatic heterocycles. The number of carbonyl (C=O) groups is 1. The van der Waals surface area contributed by atoms with Gasteiger partial charge in [-0.3, -0.25) is 4.79 Å². The maximum Gasteiger partial charge on any atom is 0.251 e. The Morgan fingerprint density at radius 1 is 1.20 bits per heavy atom. The first-order chi connectivity index (χ1) is 12.3. The Labute approximate surface area is 149 Å². The highest BCUT2D eigenvalue weighted by atomic mass is 16.5. The van der Waals surface area contributed by atoms with Crippen LogP contribution in [0.1, 0.15) is 25.3 Å². The molecule has 0 saturated carbocycles. The molecular formula is C19H28N4O2. The molecule has 0 aliphatic carbocycles. The van der Waals surface area contributed by atoms with Crippen molar-refractivity contribution < 1.29 is 9.53 Å². The molecule has 2 saturated heterocycles. The zero-order chi connectivity index (χ0) is 17.5. The van der Waals surface area contributed by atoms with Crippen LogP contribution in [0.4, 0.5) is 0 Å². The van der Waals surface area contributed by atoms with Gasteiger partial charge in [0.25, 0.3) is 5.91 Å². The third-order valence-electron chi connectivity index (χ3n) is 4.69. The van der Waals surface area contributed by atoms with Crippen molar-refractivity contribution in [3.05, 3.63) is 35.9 Å². The fourth-order valence-corrected chi connectivity index (χ4v) is 3.29. The van der Waals surface area contributed by atoms with E-state index in [-0.39, 0.29) is 12.0 Å². The number of ether oxygens (including phenoxy) is 1. The molecule has 1 aromatic rings. The molecule has 1 aromatic carbocycles. The van der Waals surface area contributed by atoms with Crippen molar-refractivity contribution in [3.63, 3.8) is 0 Å².